The number of nitrogens with zero attached hydrogens (tertiary/aromatic N) is 4. The third-order valence-corrected chi connectivity index (χ3v) is 7.90. The number of nitrogens with one attached hydrogen (secondary N) is 1. The van der Waals surface area contributed by atoms with Crippen molar-refractivity contribution in [2.45, 2.75) is 31.7 Å². The van der Waals surface area contributed by atoms with Gasteiger partial charge in [0.15, 0.2) is 5.82 Å². The average Bonchev–Trinajstić information content (AvgIpc) is 3.78. The molecule has 2 fully saturated rings. The largest absolute Gasteiger partial charge is 0.457 e. The molecule has 5 rings (SSSR count). The van der Waals surface area contributed by atoms with Gasteiger partial charge < -0.3 is 20.3 Å². The van der Waals surface area contributed by atoms with Crippen molar-refractivity contribution in [1.82, 2.24) is 14.8 Å². The Morgan fingerprint density at radius 2 is 1.60 bits per heavy atom. The monoisotopic (exact) mass is 596 g/mol. The number of carbonyl (C=O) groups excluding carboxylic acids is 3. The first-order chi connectivity index (χ1) is 20.5. The van der Waals surface area contributed by atoms with Gasteiger partial charge in [-0.15, -0.1) is 0 Å². The number of urea groups is 1. The minimum Gasteiger partial charge on any atom is -0.457 e. The number of ether oxygens (including phenoxy) is 1. The molecule has 4 amide bonds. The van der Waals surface area contributed by atoms with Gasteiger partial charge in [0.2, 0.25) is 11.8 Å². The predicted molar refractivity (Wildman–Crippen MR) is 152 cm³/mol. The van der Waals surface area contributed by atoms with E-state index in [-0.39, 0.29) is 47.9 Å². The number of halogens is 3. The Morgan fingerprint density at radius 1 is 0.977 bits per heavy atom. The Labute approximate surface area is 246 Å². The molecule has 0 radical (unpaired) electrons. The number of rotatable bonds is 8. The molecule has 1 saturated heterocycles. The smallest absolute Gasteiger partial charge is 0.323 e. The van der Waals surface area contributed by atoms with E-state index in [0.29, 0.717) is 11.0 Å². The van der Waals surface area contributed by atoms with Gasteiger partial charge in [0, 0.05) is 37.5 Å². The van der Waals surface area contributed by atoms with Crippen LogP contribution in [0.5, 0.6) is 11.5 Å². The predicted octanol–water partition coefficient (Wildman–Crippen LogP) is 4.78. The summed E-state index contributed by atoms with van der Waals surface area (Å²) in [6.07, 6.45) is 3.38. The average molecular weight is 597 g/mol. The number of anilines is 3. The molecule has 1 aliphatic heterocycles. The first-order valence-corrected chi connectivity index (χ1v) is 13.7. The lowest BCUT2D eigenvalue weighted by atomic mass is 10.0. The molecule has 0 unspecified atom stereocenters. The minimum absolute atomic E-state index is 0.0242. The van der Waals surface area contributed by atoms with Crippen LogP contribution in [0.1, 0.15) is 25.7 Å². The van der Waals surface area contributed by atoms with Crippen LogP contribution in [0, 0.1) is 22.9 Å². The van der Waals surface area contributed by atoms with Crippen molar-refractivity contribution in [1.29, 1.82) is 0 Å². The van der Waals surface area contributed by atoms with Crippen molar-refractivity contribution in [3.63, 3.8) is 0 Å². The maximum Gasteiger partial charge on any atom is 0.323 e. The quantitative estimate of drug-likeness (QED) is 0.361. The summed E-state index contributed by atoms with van der Waals surface area (Å²) in [5.74, 6) is -4.34. The zero-order valence-electron chi connectivity index (χ0n) is 23.6. The molecule has 13 heteroatoms. The maximum absolute atomic E-state index is 15.5. The highest BCUT2D eigenvalue weighted by molar-refractivity contribution is 6.16. The molecule has 0 spiro atoms. The SMILES string of the molecule is CN1CCC(N(C)C(=O)Nc2cc(Oc3ccc(N(C(=O)C4(C(N)=O)CC4)c4ccc(F)cc4F)c(F)c3)ccn2)CC1. The number of hydrogen-bond acceptors (Lipinski definition) is 6. The van der Waals surface area contributed by atoms with E-state index in [0.717, 1.165) is 44.1 Å². The van der Waals surface area contributed by atoms with E-state index in [1.807, 2.05) is 7.05 Å². The molecule has 3 N–H and O–H groups in total. The van der Waals surface area contributed by atoms with Crippen LogP contribution in [0.25, 0.3) is 0 Å². The molecule has 3 aromatic rings. The van der Waals surface area contributed by atoms with Crippen molar-refractivity contribution < 1.29 is 32.3 Å². The molecule has 2 heterocycles. The number of amides is 4. The zero-order valence-corrected chi connectivity index (χ0v) is 23.6. The highest BCUT2D eigenvalue weighted by atomic mass is 19.1. The minimum atomic E-state index is -1.61. The number of carbonyl (C=O) groups is 3. The molecule has 1 aliphatic carbocycles. The molecule has 2 aliphatic rings. The molecule has 0 atom stereocenters. The number of likely N-dealkylation sites (tertiary alicyclic amines) is 1. The Bertz CT molecular complexity index is 1560. The van der Waals surface area contributed by atoms with Crippen LogP contribution >= 0.6 is 0 Å². The molecule has 10 nitrogen and oxygen atoms in total. The van der Waals surface area contributed by atoms with Gasteiger partial charge in [0.1, 0.15) is 34.4 Å². The van der Waals surface area contributed by atoms with Crippen LogP contribution in [0.3, 0.4) is 0 Å². The highest BCUT2D eigenvalue weighted by Crippen LogP contribution is 2.49. The lowest BCUT2D eigenvalue weighted by Gasteiger charge is -2.34. The highest BCUT2D eigenvalue weighted by Gasteiger charge is 2.58. The molecule has 1 saturated carbocycles. The van der Waals surface area contributed by atoms with Crippen molar-refractivity contribution in [3.8, 4) is 11.5 Å². The Morgan fingerprint density at radius 3 is 2.21 bits per heavy atom. The topological polar surface area (TPSA) is 121 Å². The van der Waals surface area contributed by atoms with E-state index in [4.69, 9.17) is 10.5 Å². The fourth-order valence-electron chi connectivity index (χ4n) is 5.07. The fraction of sp³-hybridized carbons (Fsp3) is 0.333. The number of piperidine rings is 1. The van der Waals surface area contributed by atoms with Crippen molar-refractivity contribution in [3.05, 3.63) is 72.2 Å². The van der Waals surface area contributed by atoms with Gasteiger partial charge in [-0.25, -0.2) is 22.9 Å². The molecule has 0 bridgehead atoms. The molecular weight excluding hydrogens is 565 g/mol. The summed E-state index contributed by atoms with van der Waals surface area (Å²) < 4.78 is 49.8. The summed E-state index contributed by atoms with van der Waals surface area (Å²) in [5, 5.41) is 2.74. The van der Waals surface area contributed by atoms with E-state index < -0.39 is 40.4 Å². The van der Waals surface area contributed by atoms with Gasteiger partial charge >= 0.3 is 6.03 Å². The summed E-state index contributed by atoms with van der Waals surface area (Å²) in [4.78, 5) is 47.0. The van der Waals surface area contributed by atoms with Gasteiger partial charge in [0.05, 0.1) is 11.4 Å². The molecule has 1 aromatic heterocycles. The Kier molecular flexibility index (Phi) is 8.27. The molecular formula is C30H31F3N6O4. The van der Waals surface area contributed by atoms with Crippen LogP contribution < -0.4 is 20.7 Å². The molecule has 226 valence electrons. The second kappa shape index (κ2) is 11.9. The number of primary amides is 1. The normalized spacial score (nSPS) is 16.3. The van der Waals surface area contributed by atoms with Crippen molar-refractivity contribution >= 4 is 35.0 Å². The summed E-state index contributed by atoms with van der Waals surface area (Å²) in [6.45, 7) is 1.80. The van der Waals surface area contributed by atoms with E-state index in [2.05, 4.69) is 15.2 Å². The number of pyridine rings is 1. The van der Waals surface area contributed by atoms with E-state index >= 15 is 4.39 Å². The van der Waals surface area contributed by atoms with Crippen molar-refractivity contribution in [2.24, 2.45) is 11.1 Å². The number of hydrogen-bond donors (Lipinski definition) is 2. The van der Waals surface area contributed by atoms with Gasteiger partial charge in [-0.1, -0.05) is 0 Å². The second-order valence-corrected chi connectivity index (χ2v) is 10.9. The van der Waals surface area contributed by atoms with E-state index in [1.165, 1.54) is 30.5 Å². The zero-order chi connectivity index (χ0) is 30.9. The number of benzene rings is 2. The van der Waals surface area contributed by atoms with Crippen LogP contribution in [-0.2, 0) is 9.59 Å². The number of nitrogens with two attached hydrogens (primary N) is 1. The standard InChI is InChI=1S/C30H31F3N6O4/c1-37-13-8-19(9-14-37)38(2)29(42)36-26-17-21(7-12-35-26)43-20-4-6-25(23(33)16-20)39(24-5-3-18(31)15-22(24)32)28(41)30(10-11-30)27(34)40/h3-7,12,15-17,19H,8-11,13-14H2,1-2H3,(H2,34,40)(H,35,36,42). The van der Waals surface area contributed by atoms with Crippen molar-refractivity contribution in [2.75, 3.05) is 37.4 Å². The molecule has 43 heavy (non-hydrogen) atoms. The van der Waals surface area contributed by atoms with Crippen LogP contribution in [0.2, 0.25) is 0 Å². The maximum atomic E-state index is 15.5. The van der Waals surface area contributed by atoms with E-state index in [1.54, 1.807) is 11.9 Å². The van der Waals surface area contributed by atoms with Gasteiger partial charge in [0.25, 0.3) is 0 Å². The molecule has 2 aromatic carbocycles. The van der Waals surface area contributed by atoms with Crippen LogP contribution in [0.4, 0.5) is 35.2 Å². The van der Waals surface area contributed by atoms with Gasteiger partial charge in [-0.05, 0) is 76.2 Å². The van der Waals surface area contributed by atoms with Crippen LogP contribution in [0.15, 0.2) is 54.7 Å². The first-order valence-electron chi connectivity index (χ1n) is 13.7. The van der Waals surface area contributed by atoms with Gasteiger partial charge in [-0.3, -0.25) is 19.8 Å². The lowest BCUT2D eigenvalue weighted by Crippen LogP contribution is -2.46. The lowest BCUT2D eigenvalue weighted by molar-refractivity contribution is -0.133. The summed E-state index contributed by atoms with van der Waals surface area (Å²) in [7, 11) is 3.77. The second-order valence-electron chi connectivity index (χ2n) is 10.9. The van der Waals surface area contributed by atoms with Crippen LogP contribution in [-0.4, -0.2) is 65.9 Å². The number of aromatic nitrogens is 1. The van der Waals surface area contributed by atoms with Gasteiger partial charge in [-0.2, -0.15) is 0 Å². The summed E-state index contributed by atoms with van der Waals surface area (Å²) in [6, 6.07) is 8.73. The summed E-state index contributed by atoms with van der Waals surface area (Å²) >= 11 is 0. The third-order valence-electron chi connectivity index (χ3n) is 7.90. The Balaban J connectivity index is 1.35. The first kappa shape index (κ1) is 29.8. The fourth-order valence-corrected chi connectivity index (χ4v) is 5.07. The third kappa shape index (κ3) is 6.26. The summed E-state index contributed by atoms with van der Waals surface area (Å²) in [5.41, 5.74) is 3.02. The van der Waals surface area contributed by atoms with E-state index in [9.17, 15) is 23.2 Å². The Hall–Kier alpha value is -4.65.